The molecule has 1 aromatic carbocycles. The zero-order valence-corrected chi connectivity index (χ0v) is 11.6. The summed E-state index contributed by atoms with van der Waals surface area (Å²) >= 11 is 1.41. The highest BCUT2D eigenvalue weighted by Gasteiger charge is 2.28. The number of benzene rings is 1. The molecule has 100 valence electrons. The van der Waals surface area contributed by atoms with Crippen LogP contribution < -0.4 is 5.73 Å². The van der Waals surface area contributed by atoms with Gasteiger partial charge in [-0.05, 0) is 18.6 Å². The van der Waals surface area contributed by atoms with Gasteiger partial charge < -0.3 is 10.8 Å². The molecule has 19 heavy (non-hydrogen) atoms. The molecule has 0 spiro atoms. The van der Waals surface area contributed by atoms with Gasteiger partial charge in [-0.2, -0.15) is 0 Å². The van der Waals surface area contributed by atoms with Crippen molar-refractivity contribution in [3.05, 3.63) is 53.9 Å². The van der Waals surface area contributed by atoms with Crippen LogP contribution in [0.4, 0.5) is 0 Å². The summed E-state index contributed by atoms with van der Waals surface area (Å²) in [6.45, 7) is 2.08. The highest BCUT2D eigenvalue weighted by molar-refractivity contribution is 7.99. The molecule has 1 atom stereocenters. The van der Waals surface area contributed by atoms with Gasteiger partial charge in [-0.25, -0.2) is 9.97 Å². The van der Waals surface area contributed by atoms with Crippen LogP contribution in [-0.2, 0) is 5.60 Å². The fraction of sp³-hybridized carbons (Fsp3) is 0.286. The van der Waals surface area contributed by atoms with E-state index in [1.807, 2.05) is 43.3 Å². The summed E-state index contributed by atoms with van der Waals surface area (Å²) in [5.74, 6) is 0.428. The molecule has 4 nitrogen and oxygen atoms in total. The normalized spacial score (nSPS) is 14.1. The maximum atomic E-state index is 10.6. The van der Waals surface area contributed by atoms with Crippen LogP contribution in [0.3, 0.4) is 0 Å². The van der Waals surface area contributed by atoms with Gasteiger partial charge in [0.25, 0.3) is 0 Å². The van der Waals surface area contributed by atoms with Crippen molar-refractivity contribution < 1.29 is 5.11 Å². The van der Waals surface area contributed by atoms with Crippen LogP contribution in [0.2, 0.25) is 0 Å². The highest BCUT2D eigenvalue weighted by Crippen LogP contribution is 2.27. The van der Waals surface area contributed by atoms with Crippen molar-refractivity contribution in [1.82, 2.24) is 9.97 Å². The Morgan fingerprint density at radius 1 is 1.26 bits per heavy atom. The Morgan fingerprint density at radius 3 is 2.63 bits per heavy atom. The van der Waals surface area contributed by atoms with Crippen molar-refractivity contribution in [2.45, 2.75) is 17.7 Å². The largest absolute Gasteiger partial charge is 0.383 e. The smallest absolute Gasteiger partial charge is 0.187 e. The SMILES string of the molecule is Cc1ccnc(SCC(O)(CN)c2ccccc2)n1. The number of nitrogens with two attached hydrogens (primary N) is 1. The Hall–Kier alpha value is -1.43. The molecule has 0 saturated carbocycles. The third-order valence-electron chi connectivity index (χ3n) is 2.86. The molecule has 0 fully saturated rings. The molecule has 1 heterocycles. The van der Waals surface area contributed by atoms with Crippen molar-refractivity contribution >= 4 is 11.8 Å². The number of hydrogen-bond acceptors (Lipinski definition) is 5. The molecule has 0 aliphatic rings. The zero-order chi connectivity index (χ0) is 13.7. The van der Waals surface area contributed by atoms with Gasteiger partial charge in [0.2, 0.25) is 0 Å². The molecule has 3 N–H and O–H groups in total. The van der Waals surface area contributed by atoms with Crippen LogP contribution >= 0.6 is 11.8 Å². The molecule has 0 aliphatic carbocycles. The first kappa shape index (κ1) is 14.0. The van der Waals surface area contributed by atoms with Gasteiger partial charge in [0, 0.05) is 24.2 Å². The first-order valence-corrected chi connectivity index (χ1v) is 7.03. The first-order valence-electron chi connectivity index (χ1n) is 6.04. The van der Waals surface area contributed by atoms with Gasteiger partial charge >= 0.3 is 0 Å². The molecule has 2 rings (SSSR count). The van der Waals surface area contributed by atoms with Crippen molar-refractivity contribution in [1.29, 1.82) is 0 Å². The number of rotatable bonds is 5. The van der Waals surface area contributed by atoms with Crippen molar-refractivity contribution in [2.24, 2.45) is 5.73 Å². The Morgan fingerprint density at radius 2 is 2.00 bits per heavy atom. The van der Waals surface area contributed by atoms with Gasteiger partial charge in [0.15, 0.2) is 5.16 Å². The van der Waals surface area contributed by atoms with Crippen molar-refractivity contribution in [3.63, 3.8) is 0 Å². The lowest BCUT2D eigenvalue weighted by atomic mass is 9.96. The summed E-state index contributed by atoms with van der Waals surface area (Å²) in [7, 11) is 0. The van der Waals surface area contributed by atoms with Gasteiger partial charge in [-0.3, -0.25) is 0 Å². The average molecular weight is 275 g/mol. The monoisotopic (exact) mass is 275 g/mol. The molecule has 1 aromatic heterocycles. The second-order valence-corrected chi connectivity index (χ2v) is 5.31. The number of thioether (sulfide) groups is 1. The number of aromatic nitrogens is 2. The fourth-order valence-electron chi connectivity index (χ4n) is 1.69. The Kier molecular flexibility index (Phi) is 4.52. The number of aliphatic hydroxyl groups is 1. The predicted molar refractivity (Wildman–Crippen MR) is 76.9 cm³/mol. The summed E-state index contributed by atoms with van der Waals surface area (Å²) < 4.78 is 0. The van der Waals surface area contributed by atoms with E-state index >= 15 is 0 Å². The molecule has 0 saturated heterocycles. The molecule has 5 heteroatoms. The number of aryl methyl sites for hydroxylation is 1. The molecule has 0 amide bonds. The molecular formula is C14H17N3OS. The van der Waals surface area contributed by atoms with E-state index < -0.39 is 5.60 Å². The molecular weight excluding hydrogens is 258 g/mol. The number of hydrogen-bond donors (Lipinski definition) is 2. The van der Waals surface area contributed by atoms with Crippen LogP contribution in [0.1, 0.15) is 11.3 Å². The Bertz CT molecular complexity index is 535. The summed E-state index contributed by atoms with van der Waals surface area (Å²) in [5, 5.41) is 11.3. The molecule has 0 bridgehead atoms. The summed E-state index contributed by atoms with van der Waals surface area (Å²) in [6, 6.07) is 11.3. The lowest BCUT2D eigenvalue weighted by Gasteiger charge is -2.26. The van der Waals surface area contributed by atoms with E-state index in [9.17, 15) is 5.11 Å². The first-order chi connectivity index (χ1) is 9.14. The van der Waals surface area contributed by atoms with Crippen molar-refractivity contribution in [2.75, 3.05) is 12.3 Å². The predicted octanol–water partition coefficient (Wildman–Crippen LogP) is 1.72. The third kappa shape index (κ3) is 3.53. The average Bonchev–Trinajstić information content (AvgIpc) is 2.46. The van der Waals surface area contributed by atoms with Gasteiger partial charge in [-0.15, -0.1) is 0 Å². The summed E-state index contributed by atoms with van der Waals surface area (Å²) in [6.07, 6.45) is 1.72. The van der Waals surface area contributed by atoms with E-state index in [1.165, 1.54) is 11.8 Å². The summed E-state index contributed by atoms with van der Waals surface area (Å²) in [4.78, 5) is 8.47. The second-order valence-electron chi connectivity index (χ2n) is 4.37. The standard InChI is InChI=1S/C14H17N3OS/c1-11-7-8-16-13(17-11)19-10-14(18,9-15)12-5-3-2-4-6-12/h2-8,18H,9-10,15H2,1H3. The van der Waals surface area contributed by atoms with Crippen LogP contribution in [-0.4, -0.2) is 27.4 Å². The lowest BCUT2D eigenvalue weighted by molar-refractivity contribution is 0.0721. The van der Waals surface area contributed by atoms with Crippen LogP contribution in [0, 0.1) is 6.92 Å². The highest BCUT2D eigenvalue weighted by atomic mass is 32.2. The minimum atomic E-state index is -1.06. The Labute approximate surface area is 117 Å². The maximum absolute atomic E-state index is 10.6. The van der Waals surface area contributed by atoms with Crippen LogP contribution in [0.5, 0.6) is 0 Å². The van der Waals surface area contributed by atoms with E-state index in [0.717, 1.165) is 11.3 Å². The maximum Gasteiger partial charge on any atom is 0.187 e. The summed E-state index contributed by atoms with van der Waals surface area (Å²) in [5.41, 5.74) is 6.40. The second kappa shape index (κ2) is 6.14. The quantitative estimate of drug-likeness (QED) is 0.642. The topological polar surface area (TPSA) is 72.0 Å². The molecule has 1 unspecified atom stereocenters. The van der Waals surface area contributed by atoms with E-state index in [2.05, 4.69) is 9.97 Å². The van der Waals surface area contributed by atoms with E-state index in [0.29, 0.717) is 10.9 Å². The molecule has 0 radical (unpaired) electrons. The van der Waals surface area contributed by atoms with Gasteiger partial charge in [-0.1, -0.05) is 42.1 Å². The minimum Gasteiger partial charge on any atom is -0.383 e. The fourth-order valence-corrected chi connectivity index (χ4v) is 2.68. The minimum absolute atomic E-state index is 0.163. The molecule has 0 aliphatic heterocycles. The van der Waals surface area contributed by atoms with E-state index in [4.69, 9.17) is 5.73 Å². The zero-order valence-electron chi connectivity index (χ0n) is 10.8. The van der Waals surface area contributed by atoms with Crippen LogP contribution in [0.15, 0.2) is 47.8 Å². The number of nitrogens with zero attached hydrogens (tertiary/aromatic N) is 2. The van der Waals surface area contributed by atoms with E-state index in [1.54, 1.807) is 6.20 Å². The third-order valence-corrected chi connectivity index (χ3v) is 3.94. The van der Waals surface area contributed by atoms with Gasteiger partial charge in [0.1, 0.15) is 5.60 Å². The van der Waals surface area contributed by atoms with Crippen molar-refractivity contribution in [3.8, 4) is 0 Å². The Balaban J connectivity index is 2.11. The molecule has 2 aromatic rings. The van der Waals surface area contributed by atoms with Gasteiger partial charge in [0.05, 0.1) is 0 Å². The van der Waals surface area contributed by atoms with Crippen LogP contribution in [0.25, 0.3) is 0 Å². The lowest BCUT2D eigenvalue weighted by Crippen LogP contribution is -2.37. The van der Waals surface area contributed by atoms with E-state index in [-0.39, 0.29) is 6.54 Å².